The number of carboxylic acids is 1. The van der Waals surface area contributed by atoms with Gasteiger partial charge in [-0.15, -0.1) is 11.3 Å². The Hall–Kier alpha value is -2.15. The molecule has 1 heterocycles. The quantitative estimate of drug-likeness (QED) is 0.538. The van der Waals surface area contributed by atoms with E-state index < -0.39 is 17.8 Å². The third-order valence-corrected chi connectivity index (χ3v) is 7.59. The van der Waals surface area contributed by atoms with Crippen LogP contribution < -0.4 is 5.32 Å². The first-order chi connectivity index (χ1) is 14.0. The molecule has 0 aliphatic heterocycles. The average Bonchev–Trinajstić information content (AvgIpc) is 3.09. The Morgan fingerprint density at radius 2 is 1.83 bits per heavy atom. The topological polar surface area (TPSA) is 92.7 Å². The first-order valence-electron chi connectivity index (χ1n) is 10.5. The molecule has 4 aliphatic carbocycles. The van der Waals surface area contributed by atoms with Crippen LogP contribution in [-0.2, 0) is 27.2 Å². The van der Waals surface area contributed by atoms with E-state index in [-0.39, 0.29) is 23.7 Å². The minimum absolute atomic E-state index is 0.0637. The van der Waals surface area contributed by atoms with E-state index >= 15 is 0 Å². The first kappa shape index (κ1) is 20.1. The molecule has 4 aliphatic rings. The third-order valence-electron chi connectivity index (χ3n) is 6.39. The van der Waals surface area contributed by atoms with Gasteiger partial charge in [0.15, 0.2) is 0 Å². The number of rotatable bonds is 6. The maximum Gasteiger partial charge on any atom is 0.341 e. The van der Waals surface area contributed by atoms with Gasteiger partial charge in [-0.2, -0.15) is 0 Å². The van der Waals surface area contributed by atoms with Crippen LogP contribution in [0.25, 0.3) is 0 Å². The van der Waals surface area contributed by atoms with Crippen molar-refractivity contribution in [2.75, 3.05) is 11.9 Å². The standard InChI is InChI=1S/C22H27NO5S/c1-2-11-28-22(27)18-14-5-3-4-6-15(14)29-20(18)23-19(24)16-12-7-9-13(10-8-12)17(16)21(25)26/h7,9,12-13,16-17H,2-6,8,10-11H2,1H3,(H,23,24)(H,25,26)/t12-,13-,16-,17-/m0/s1. The average molecular weight is 418 g/mol. The largest absolute Gasteiger partial charge is 0.481 e. The van der Waals surface area contributed by atoms with Gasteiger partial charge < -0.3 is 15.2 Å². The summed E-state index contributed by atoms with van der Waals surface area (Å²) in [6.07, 6.45) is 10.1. The van der Waals surface area contributed by atoms with Crippen molar-refractivity contribution in [1.82, 2.24) is 0 Å². The summed E-state index contributed by atoms with van der Waals surface area (Å²) >= 11 is 1.45. The van der Waals surface area contributed by atoms with E-state index in [1.165, 1.54) is 11.3 Å². The van der Waals surface area contributed by atoms with Crippen LogP contribution in [-0.4, -0.2) is 29.6 Å². The summed E-state index contributed by atoms with van der Waals surface area (Å²) in [4.78, 5) is 39.0. The zero-order chi connectivity index (χ0) is 20.5. The van der Waals surface area contributed by atoms with Gasteiger partial charge in [0.05, 0.1) is 24.0 Å². The maximum atomic E-state index is 13.2. The fraction of sp³-hybridized carbons (Fsp3) is 0.591. The van der Waals surface area contributed by atoms with Gasteiger partial charge in [-0.1, -0.05) is 19.1 Å². The van der Waals surface area contributed by atoms with E-state index in [1.807, 2.05) is 19.1 Å². The van der Waals surface area contributed by atoms with Gasteiger partial charge in [0.1, 0.15) is 5.00 Å². The number of esters is 1. The summed E-state index contributed by atoms with van der Waals surface area (Å²) in [6, 6.07) is 0. The Morgan fingerprint density at radius 1 is 1.14 bits per heavy atom. The van der Waals surface area contributed by atoms with Crippen LogP contribution in [0.4, 0.5) is 5.00 Å². The summed E-state index contributed by atoms with van der Waals surface area (Å²) < 4.78 is 5.39. The Labute approximate surface area is 174 Å². The zero-order valence-corrected chi connectivity index (χ0v) is 17.4. The molecule has 0 saturated heterocycles. The summed E-state index contributed by atoms with van der Waals surface area (Å²) in [7, 11) is 0. The molecule has 5 rings (SSSR count). The Morgan fingerprint density at radius 3 is 2.48 bits per heavy atom. The van der Waals surface area contributed by atoms with Gasteiger partial charge in [-0.25, -0.2) is 4.79 Å². The molecule has 1 aromatic heterocycles. The van der Waals surface area contributed by atoms with E-state index in [2.05, 4.69) is 5.32 Å². The highest BCUT2D eigenvalue weighted by Gasteiger charge is 2.48. The van der Waals surface area contributed by atoms with Crippen molar-refractivity contribution in [3.8, 4) is 0 Å². The monoisotopic (exact) mass is 417 g/mol. The number of ether oxygens (including phenoxy) is 1. The van der Waals surface area contributed by atoms with Crippen LogP contribution in [0.15, 0.2) is 12.2 Å². The second-order valence-electron chi connectivity index (χ2n) is 8.22. The molecule has 1 fully saturated rings. The summed E-state index contributed by atoms with van der Waals surface area (Å²) in [6.45, 7) is 2.28. The zero-order valence-electron chi connectivity index (χ0n) is 16.6. The molecule has 29 heavy (non-hydrogen) atoms. The van der Waals surface area contributed by atoms with Crippen LogP contribution in [0.2, 0.25) is 0 Å². The van der Waals surface area contributed by atoms with Crippen molar-refractivity contribution in [3.63, 3.8) is 0 Å². The third kappa shape index (κ3) is 3.72. The summed E-state index contributed by atoms with van der Waals surface area (Å²) in [5.74, 6) is -3.07. The second kappa shape index (κ2) is 8.30. The van der Waals surface area contributed by atoms with Gasteiger partial charge in [-0.3, -0.25) is 9.59 Å². The molecule has 0 radical (unpaired) electrons. The molecule has 2 N–H and O–H groups in total. The number of fused-ring (bicyclic) bond motifs is 3. The number of aliphatic carboxylic acids is 1. The number of nitrogens with one attached hydrogen (secondary N) is 1. The van der Waals surface area contributed by atoms with E-state index in [9.17, 15) is 19.5 Å². The highest BCUT2D eigenvalue weighted by atomic mass is 32.1. The molecule has 6 nitrogen and oxygen atoms in total. The normalized spacial score (nSPS) is 27.3. The lowest BCUT2D eigenvalue weighted by atomic mass is 9.62. The minimum atomic E-state index is -0.919. The molecular formula is C22H27NO5S. The SMILES string of the molecule is CCCOC(=O)c1c(NC(=O)[C@@H]2[C@@H](C(=O)O)[C@H]3C=C[C@H]2CC3)sc2c1CCCC2. The Balaban J connectivity index is 1.62. The molecule has 0 spiro atoms. The van der Waals surface area contributed by atoms with Gasteiger partial charge in [0.2, 0.25) is 5.91 Å². The number of anilines is 1. The lowest BCUT2D eigenvalue weighted by Gasteiger charge is -2.41. The van der Waals surface area contributed by atoms with Gasteiger partial charge in [-0.05, 0) is 62.3 Å². The molecule has 1 saturated carbocycles. The van der Waals surface area contributed by atoms with Crippen molar-refractivity contribution in [3.05, 3.63) is 28.2 Å². The van der Waals surface area contributed by atoms with Gasteiger partial charge >= 0.3 is 11.9 Å². The van der Waals surface area contributed by atoms with Crippen molar-refractivity contribution < 1.29 is 24.2 Å². The lowest BCUT2D eigenvalue weighted by Crippen LogP contribution is -2.47. The molecule has 1 amide bonds. The molecule has 0 unspecified atom stereocenters. The van der Waals surface area contributed by atoms with Crippen LogP contribution in [0.3, 0.4) is 0 Å². The van der Waals surface area contributed by atoms with Crippen LogP contribution >= 0.6 is 11.3 Å². The maximum absolute atomic E-state index is 13.2. The number of hydrogen-bond acceptors (Lipinski definition) is 5. The van der Waals surface area contributed by atoms with Crippen LogP contribution in [0.1, 0.15) is 59.8 Å². The van der Waals surface area contributed by atoms with E-state index in [0.717, 1.165) is 55.4 Å². The molecule has 7 heteroatoms. The number of carboxylic acid groups (broad SMARTS) is 1. The van der Waals surface area contributed by atoms with Crippen molar-refractivity contribution in [2.24, 2.45) is 23.7 Å². The minimum Gasteiger partial charge on any atom is -0.481 e. The molecular weight excluding hydrogens is 390 g/mol. The van der Waals surface area contributed by atoms with E-state index in [4.69, 9.17) is 4.74 Å². The number of aryl methyl sites for hydroxylation is 1. The molecule has 4 atom stereocenters. The smallest absolute Gasteiger partial charge is 0.341 e. The number of thiophene rings is 1. The van der Waals surface area contributed by atoms with Gasteiger partial charge in [0.25, 0.3) is 0 Å². The molecule has 2 bridgehead atoms. The fourth-order valence-corrected chi connectivity index (χ4v) is 6.30. The number of amides is 1. The first-order valence-corrected chi connectivity index (χ1v) is 11.4. The van der Waals surface area contributed by atoms with Crippen LogP contribution in [0.5, 0.6) is 0 Å². The highest BCUT2D eigenvalue weighted by molar-refractivity contribution is 7.17. The fourth-order valence-electron chi connectivity index (χ4n) is 5.02. The summed E-state index contributed by atoms with van der Waals surface area (Å²) in [5.41, 5.74) is 1.48. The van der Waals surface area contributed by atoms with E-state index in [0.29, 0.717) is 17.2 Å². The predicted molar refractivity (Wildman–Crippen MR) is 110 cm³/mol. The highest BCUT2D eigenvalue weighted by Crippen LogP contribution is 2.46. The molecule has 0 aromatic carbocycles. The molecule has 1 aromatic rings. The van der Waals surface area contributed by atoms with E-state index in [1.54, 1.807) is 0 Å². The Kier molecular flexibility index (Phi) is 5.76. The van der Waals surface area contributed by atoms with Crippen LogP contribution in [0, 0.1) is 23.7 Å². The number of allylic oxidation sites excluding steroid dienone is 2. The van der Waals surface area contributed by atoms with Crippen molar-refractivity contribution >= 4 is 34.2 Å². The number of hydrogen-bond donors (Lipinski definition) is 2. The predicted octanol–water partition coefficient (Wildman–Crippen LogP) is 4.05. The Bertz CT molecular complexity index is 858. The lowest BCUT2D eigenvalue weighted by molar-refractivity contribution is -0.151. The van der Waals surface area contributed by atoms with Crippen molar-refractivity contribution in [1.29, 1.82) is 0 Å². The second-order valence-corrected chi connectivity index (χ2v) is 9.33. The molecule has 156 valence electrons. The van der Waals surface area contributed by atoms with Gasteiger partial charge in [0, 0.05) is 4.88 Å². The van der Waals surface area contributed by atoms with Crippen molar-refractivity contribution in [2.45, 2.75) is 51.9 Å². The number of carbonyl (C=O) groups excluding carboxylic acids is 2. The summed E-state index contributed by atoms with van der Waals surface area (Å²) in [5, 5.41) is 13.2. The number of carbonyl (C=O) groups is 3.